The van der Waals surface area contributed by atoms with Gasteiger partial charge in [0.1, 0.15) is 11.9 Å². The van der Waals surface area contributed by atoms with E-state index in [0.717, 1.165) is 0 Å². The largest absolute Gasteiger partial charge is 0.442 e. The minimum Gasteiger partial charge on any atom is -0.442 e. The number of cyclic esters (lactones) is 1. The molecule has 0 aliphatic carbocycles. The average molecular weight is 391 g/mol. The Hall–Kier alpha value is -3.01. The molecule has 10 heteroatoms. The van der Waals surface area contributed by atoms with E-state index in [2.05, 4.69) is 10.3 Å². The maximum absolute atomic E-state index is 14.6. The molecule has 1 aliphatic heterocycles. The molecule has 1 aromatic carbocycles. The van der Waals surface area contributed by atoms with E-state index in [1.54, 1.807) is 18.3 Å². The van der Waals surface area contributed by atoms with Crippen molar-refractivity contribution in [3.8, 4) is 5.69 Å². The number of benzene rings is 1. The molecule has 8 nitrogen and oxygen atoms in total. The Kier molecular flexibility index (Phi) is 5.36. The van der Waals surface area contributed by atoms with Crippen molar-refractivity contribution in [2.24, 2.45) is 5.73 Å². The second kappa shape index (κ2) is 7.70. The smallest absolute Gasteiger partial charge is 0.414 e. The minimum atomic E-state index is -0.584. The number of imidazole rings is 1. The molecule has 1 fully saturated rings. The molecule has 3 rings (SSSR count). The number of amides is 2. The molecule has 27 heavy (non-hydrogen) atoms. The van der Waals surface area contributed by atoms with Gasteiger partial charge in [0.2, 0.25) is 5.91 Å². The number of aromatic nitrogens is 2. The molecule has 0 radical (unpaired) electrons. The highest BCUT2D eigenvalue weighted by atomic mass is 32.1. The number of halogens is 1. The lowest BCUT2D eigenvalue weighted by Crippen LogP contribution is -2.33. The zero-order valence-corrected chi connectivity index (χ0v) is 15.3. The molecule has 0 spiro atoms. The van der Waals surface area contributed by atoms with Crippen LogP contribution < -0.4 is 16.0 Å². The number of anilines is 1. The first-order valence-corrected chi connectivity index (χ1v) is 8.58. The summed E-state index contributed by atoms with van der Waals surface area (Å²) in [6.07, 6.45) is 2.38. The lowest BCUT2D eigenvalue weighted by molar-refractivity contribution is -0.119. The molecule has 0 bridgehead atoms. The van der Waals surface area contributed by atoms with Gasteiger partial charge in [-0.1, -0.05) is 12.2 Å². The summed E-state index contributed by atoms with van der Waals surface area (Å²) in [5.41, 5.74) is 6.77. The average Bonchev–Trinajstić information content (AvgIpc) is 3.19. The highest BCUT2D eigenvalue weighted by Crippen LogP contribution is 2.25. The zero-order valence-electron chi connectivity index (χ0n) is 14.5. The fourth-order valence-corrected chi connectivity index (χ4v) is 2.88. The number of nitrogens with zero attached hydrogens (tertiary/aromatic N) is 3. The predicted octanol–water partition coefficient (Wildman–Crippen LogP) is 1.30. The molecule has 3 N–H and O–H groups in total. The second-order valence-electron chi connectivity index (χ2n) is 6.10. The topological polar surface area (TPSA) is 102 Å². The number of hydrogen-bond acceptors (Lipinski definition) is 5. The van der Waals surface area contributed by atoms with Crippen LogP contribution in [0.25, 0.3) is 5.69 Å². The first-order chi connectivity index (χ1) is 12.8. The third kappa shape index (κ3) is 4.40. The van der Waals surface area contributed by atoms with Gasteiger partial charge < -0.3 is 20.4 Å². The fourth-order valence-electron chi connectivity index (χ4n) is 2.73. The summed E-state index contributed by atoms with van der Waals surface area (Å²) in [6.45, 7) is 1.81. The van der Waals surface area contributed by atoms with E-state index in [1.807, 2.05) is 0 Å². The zero-order chi connectivity index (χ0) is 19.6. The van der Waals surface area contributed by atoms with Crippen LogP contribution in [0, 0.1) is 5.82 Å². The molecular formula is C17H18FN5O3S. The van der Waals surface area contributed by atoms with Gasteiger partial charge in [0.25, 0.3) is 0 Å². The fraction of sp³-hybridized carbons (Fsp3) is 0.294. The van der Waals surface area contributed by atoms with Crippen molar-refractivity contribution in [2.75, 3.05) is 18.0 Å². The summed E-state index contributed by atoms with van der Waals surface area (Å²) in [5.74, 6) is -0.736. The van der Waals surface area contributed by atoms with Crippen LogP contribution in [-0.4, -0.2) is 45.7 Å². The van der Waals surface area contributed by atoms with Crippen molar-refractivity contribution in [3.05, 3.63) is 42.2 Å². The number of rotatable bonds is 6. The summed E-state index contributed by atoms with van der Waals surface area (Å²) >= 11 is 4.84. The maximum Gasteiger partial charge on any atom is 0.414 e. The summed E-state index contributed by atoms with van der Waals surface area (Å²) in [7, 11) is 0. The van der Waals surface area contributed by atoms with E-state index < -0.39 is 18.0 Å². The number of hydrogen-bond donors (Lipinski definition) is 2. The molecular weight excluding hydrogens is 373 g/mol. The monoisotopic (exact) mass is 391 g/mol. The molecule has 2 amide bonds. The molecule has 1 aromatic heterocycles. The van der Waals surface area contributed by atoms with Gasteiger partial charge >= 0.3 is 6.09 Å². The minimum absolute atomic E-state index is 0.207. The molecule has 1 aliphatic rings. The SMILES string of the molecule is CC(=O)NC[C@H]1CN(c2ccc(-n3cnc(CC(N)=S)c3)c(F)c2)C(=O)O1. The summed E-state index contributed by atoms with van der Waals surface area (Å²) in [5, 5.41) is 2.59. The standard InChI is InChI=1S/C17H18FN5O3S/c1-10(24)20-6-13-8-23(17(25)26-13)12-2-3-15(14(18)5-12)22-7-11(21-9-22)4-16(19)27/h2-3,5,7,9,13H,4,6,8H2,1H3,(H2,19,27)(H,20,24)/t13-/m0/s1. The molecule has 2 aromatic rings. The van der Waals surface area contributed by atoms with Crippen molar-refractivity contribution < 1.29 is 18.7 Å². The van der Waals surface area contributed by atoms with Crippen LogP contribution in [-0.2, 0) is 16.0 Å². The first kappa shape index (κ1) is 18.8. The highest BCUT2D eigenvalue weighted by molar-refractivity contribution is 7.80. The van der Waals surface area contributed by atoms with Gasteiger partial charge in [0.05, 0.1) is 41.5 Å². The number of nitrogens with two attached hydrogens (primary N) is 1. The molecule has 1 atom stereocenters. The molecule has 0 unspecified atom stereocenters. The Morgan fingerprint density at radius 2 is 2.30 bits per heavy atom. The Bertz CT molecular complexity index is 900. The van der Waals surface area contributed by atoms with E-state index >= 15 is 0 Å². The van der Waals surface area contributed by atoms with Gasteiger partial charge in [-0.2, -0.15) is 0 Å². The van der Waals surface area contributed by atoms with E-state index in [-0.39, 0.29) is 24.7 Å². The Morgan fingerprint density at radius 3 is 2.96 bits per heavy atom. The maximum atomic E-state index is 14.6. The van der Waals surface area contributed by atoms with Gasteiger partial charge in [-0.15, -0.1) is 0 Å². The van der Waals surface area contributed by atoms with Crippen LogP contribution in [0.2, 0.25) is 0 Å². The predicted molar refractivity (Wildman–Crippen MR) is 100 cm³/mol. The molecule has 2 heterocycles. The highest BCUT2D eigenvalue weighted by Gasteiger charge is 2.32. The van der Waals surface area contributed by atoms with Crippen LogP contribution in [0.3, 0.4) is 0 Å². The van der Waals surface area contributed by atoms with Crippen LogP contribution >= 0.6 is 12.2 Å². The van der Waals surface area contributed by atoms with Crippen molar-refractivity contribution in [3.63, 3.8) is 0 Å². The van der Waals surface area contributed by atoms with Crippen molar-refractivity contribution in [1.29, 1.82) is 0 Å². The number of carbonyl (C=O) groups is 2. The Labute approximate surface area is 160 Å². The van der Waals surface area contributed by atoms with Crippen molar-refractivity contribution in [1.82, 2.24) is 14.9 Å². The van der Waals surface area contributed by atoms with E-state index in [1.165, 1.54) is 28.8 Å². The van der Waals surface area contributed by atoms with Gasteiger partial charge in [0.15, 0.2) is 0 Å². The van der Waals surface area contributed by atoms with Gasteiger partial charge in [0, 0.05) is 19.5 Å². The van der Waals surface area contributed by atoms with Gasteiger partial charge in [-0.3, -0.25) is 9.69 Å². The molecule has 1 saturated heterocycles. The summed E-state index contributed by atoms with van der Waals surface area (Å²) in [6, 6.07) is 4.42. The van der Waals surface area contributed by atoms with Crippen LogP contribution in [0.15, 0.2) is 30.7 Å². The Morgan fingerprint density at radius 1 is 1.52 bits per heavy atom. The van der Waals surface area contributed by atoms with E-state index in [9.17, 15) is 14.0 Å². The number of ether oxygens (including phenoxy) is 1. The first-order valence-electron chi connectivity index (χ1n) is 8.17. The quantitative estimate of drug-likeness (QED) is 0.720. The molecule has 0 saturated carbocycles. The van der Waals surface area contributed by atoms with Crippen LogP contribution in [0.4, 0.5) is 14.9 Å². The summed E-state index contributed by atoms with van der Waals surface area (Å²) in [4.78, 5) is 28.8. The van der Waals surface area contributed by atoms with Gasteiger partial charge in [-0.25, -0.2) is 14.2 Å². The number of thiocarbonyl (C=S) groups is 1. The number of nitrogens with one attached hydrogen (secondary N) is 1. The second-order valence-corrected chi connectivity index (χ2v) is 6.63. The molecule has 142 valence electrons. The van der Waals surface area contributed by atoms with Crippen molar-refractivity contribution in [2.45, 2.75) is 19.4 Å². The normalized spacial score (nSPS) is 16.3. The van der Waals surface area contributed by atoms with Crippen LogP contribution in [0.1, 0.15) is 12.6 Å². The number of carbonyl (C=O) groups excluding carboxylic acids is 2. The third-order valence-corrected chi connectivity index (χ3v) is 4.11. The summed E-state index contributed by atoms with van der Waals surface area (Å²) < 4.78 is 21.3. The lowest BCUT2D eigenvalue weighted by Gasteiger charge is -2.14. The van der Waals surface area contributed by atoms with E-state index in [4.69, 9.17) is 22.7 Å². The Balaban J connectivity index is 1.75. The lowest BCUT2D eigenvalue weighted by atomic mass is 10.2. The van der Waals surface area contributed by atoms with E-state index in [0.29, 0.717) is 22.8 Å². The van der Waals surface area contributed by atoms with Gasteiger partial charge in [-0.05, 0) is 18.2 Å². The van der Waals surface area contributed by atoms with Crippen molar-refractivity contribution >= 4 is 34.9 Å². The third-order valence-electron chi connectivity index (χ3n) is 3.97. The van der Waals surface area contributed by atoms with Crippen LogP contribution in [0.5, 0.6) is 0 Å².